The first-order chi connectivity index (χ1) is 12.4. The van der Waals surface area contributed by atoms with Crippen molar-refractivity contribution in [2.24, 2.45) is 10.9 Å². The summed E-state index contributed by atoms with van der Waals surface area (Å²) >= 11 is 1.66. The number of thiophene rings is 1. The average Bonchev–Trinajstić information content (AvgIpc) is 3.22. The van der Waals surface area contributed by atoms with Gasteiger partial charge in [-0.25, -0.2) is 13.4 Å². The van der Waals surface area contributed by atoms with Crippen LogP contribution in [0.2, 0.25) is 0 Å². The lowest BCUT2D eigenvalue weighted by Crippen LogP contribution is -2.52. The highest BCUT2D eigenvalue weighted by Crippen LogP contribution is 2.17. The third-order valence-corrected chi connectivity index (χ3v) is 7.52. The molecule has 1 aromatic heterocycles. The van der Waals surface area contributed by atoms with Gasteiger partial charge < -0.3 is 15.5 Å². The molecule has 144 valence electrons. The quantitative estimate of drug-likeness (QED) is 0.567. The van der Waals surface area contributed by atoms with Crippen LogP contribution in [0, 0.1) is 5.92 Å². The first kappa shape index (κ1) is 19.2. The van der Waals surface area contributed by atoms with E-state index in [-0.39, 0.29) is 29.4 Å². The molecule has 2 aliphatic heterocycles. The molecule has 0 bridgehead atoms. The SMILES string of the molecule is CN1CC(NC(=NCc2cccs2)NCC2CCS(=O)(=O)C2)CCC1=O. The molecular weight excluding hydrogens is 372 g/mol. The third-order valence-electron chi connectivity index (χ3n) is 4.83. The van der Waals surface area contributed by atoms with Crippen molar-refractivity contribution in [1.29, 1.82) is 0 Å². The van der Waals surface area contributed by atoms with Gasteiger partial charge in [-0.05, 0) is 30.2 Å². The van der Waals surface area contributed by atoms with E-state index in [1.165, 1.54) is 4.88 Å². The summed E-state index contributed by atoms with van der Waals surface area (Å²) in [6, 6.07) is 4.20. The van der Waals surface area contributed by atoms with E-state index < -0.39 is 9.84 Å². The van der Waals surface area contributed by atoms with Crippen molar-refractivity contribution in [3.8, 4) is 0 Å². The van der Waals surface area contributed by atoms with E-state index in [0.717, 1.165) is 6.42 Å². The molecule has 3 heterocycles. The highest BCUT2D eigenvalue weighted by atomic mass is 32.2. The molecular formula is C17H26N4O3S2. The molecule has 2 unspecified atom stereocenters. The average molecular weight is 399 g/mol. The summed E-state index contributed by atoms with van der Waals surface area (Å²) in [4.78, 5) is 19.2. The summed E-state index contributed by atoms with van der Waals surface area (Å²) in [5.74, 6) is 1.52. The molecule has 26 heavy (non-hydrogen) atoms. The van der Waals surface area contributed by atoms with E-state index in [1.807, 2.05) is 24.6 Å². The van der Waals surface area contributed by atoms with Gasteiger partial charge in [0.15, 0.2) is 15.8 Å². The number of hydrogen-bond donors (Lipinski definition) is 2. The van der Waals surface area contributed by atoms with E-state index in [4.69, 9.17) is 0 Å². The van der Waals surface area contributed by atoms with Crippen LogP contribution in [-0.2, 0) is 21.2 Å². The van der Waals surface area contributed by atoms with Crippen molar-refractivity contribution in [2.45, 2.75) is 31.8 Å². The normalized spacial score (nSPS) is 26.1. The minimum absolute atomic E-state index is 0.129. The fourth-order valence-corrected chi connectivity index (χ4v) is 5.80. The van der Waals surface area contributed by atoms with Crippen molar-refractivity contribution in [1.82, 2.24) is 15.5 Å². The third kappa shape index (κ3) is 5.44. The lowest BCUT2D eigenvalue weighted by Gasteiger charge is -2.31. The van der Waals surface area contributed by atoms with Crippen LogP contribution in [0.15, 0.2) is 22.5 Å². The number of nitrogens with one attached hydrogen (secondary N) is 2. The van der Waals surface area contributed by atoms with E-state index >= 15 is 0 Å². The molecule has 3 rings (SSSR count). The number of amides is 1. The van der Waals surface area contributed by atoms with E-state index in [2.05, 4.69) is 15.6 Å². The number of sulfone groups is 1. The summed E-state index contributed by atoms with van der Waals surface area (Å²) in [5, 5.41) is 8.75. The number of piperidine rings is 1. The molecule has 2 aliphatic rings. The van der Waals surface area contributed by atoms with Gasteiger partial charge in [0.1, 0.15) is 0 Å². The highest BCUT2D eigenvalue weighted by Gasteiger charge is 2.28. The number of carbonyl (C=O) groups is 1. The Balaban J connectivity index is 1.59. The monoisotopic (exact) mass is 398 g/mol. The Bertz CT molecular complexity index is 746. The second-order valence-electron chi connectivity index (χ2n) is 7.05. The van der Waals surface area contributed by atoms with Crippen LogP contribution in [0.25, 0.3) is 0 Å². The van der Waals surface area contributed by atoms with Crippen molar-refractivity contribution < 1.29 is 13.2 Å². The second kappa shape index (κ2) is 8.39. The van der Waals surface area contributed by atoms with Crippen molar-refractivity contribution >= 4 is 33.0 Å². The van der Waals surface area contributed by atoms with Gasteiger partial charge in [-0.3, -0.25) is 4.79 Å². The summed E-state index contributed by atoms with van der Waals surface area (Å²) in [5.41, 5.74) is 0. The molecule has 0 spiro atoms. The fraction of sp³-hybridized carbons (Fsp3) is 0.647. The van der Waals surface area contributed by atoms with Gasteiger partial charge in [0.25, 0.3) is 0 Å². The number of nitrogens with zero attached hydrogens (tertiary/aromatic N) is 2. The number of rotatable bonds is 5. The summed E-state index contributed by atoms with van der Waals surface area (Å²) in [6.45, 7) is 1.82. The summed E-state index contributed by atoms with van der Waals surface area (Å²) < 4.78 is 23.3. The minimum Gasteiger partial charge on any atom is -0.356 e. The number of guanidine groups is 1. The zero-order valence-electron chi connectivity index (χ0n) is 15.0. The molecule has 2 saturated heterocycles. The van der Waals surface area contributed by atoms with Crippen LogP contribution < -0.4 is 10.6 Å². The van der Waals surface area contributed by atoms with Gasteiger partial charge in [-0.15, -0.1) is 11.3 Å². The second-order valence-corrected chi connectivity index (χ2v) is 10.3. The van der Waals surface area contributed by atoms with E-state index in [9.17, 15) is 13.2 Å². The molecule has 2 atom stereocenters. The Labute approximate surface area is 158 Å². The molecule has 1 aromatic rings. The predicted octanol–water partition coefficient (Wildman–Crippen LogP) is 0.839. The molecule has 0 saturated carbocycles. The molecule has 7 nitrogen and oxygen atoms in total. The molecule has 9 heteroatoms. The number of likely N-dealkylation sites (N-methyl/N-ethyl adjacent to an activating group) is 1. The molecule has 2 N–H and O–H groups in total. The zero-order valence-corrected chi connectivity index (χ0v) is 16.6. The molecule has 0 radical (unpaired) electrons. The van der Waals surface area contributed by atoms with Gasteiger partial charge in [0.2, 0.25) is 5.91 Å². The Morgan fingerprint density at radius 2 is 2.27 bits per heavy atom. The number of aliphatic imine (C=N–C) groups is 1. The van der Waals surface area contributed by atoms with Gasteiger partial charge in [-0.1, -0.05) is 6.07 Å². The number of likely N-dealkylation sites (tertiary alicyclic amines) is 1. The topological polar surface area (TPSA) is 90.9 Å². The molecule has 0 aromatic carbocycles. The Morgan fingerprint density at radius 3 is 2.92 bits per heavy atom. The van der Waals surface area contributed by atoms with Crippen LogP contribution in [-0.4, -0.2) is 62.9 Å². The van der Waals surface area contributed by atoms with Crippen LogP contribution in [0.5, 0.6) is 0 Å². The minimum atomic E-state index is -2.87. The summed E-state index contributed by atoms with van der Waals surface area (Å²) in [6.07, 6.45) is 2.02. The first-order valence-corrected chi connectivity index (χ1v) is 11.6. The highest BCUT2D eigenvalue weighted by molar-refractivity contribution is 7.91. The van der Waals surface area contributed by atoms with E-state index in [0.29, 0.717) is 38.4 Å². The largest absolute Gasteiger partial charge is 0.356 e. The Morgan fingerprint density at radius 1 is 1.42 bits per heavy atom. The van der Waals surface area contributed by atoms with Crippen LogP contribution in [0.4, 0.5) is 0 Å². The van der Waals surface area contributed by atoms with Gasteiger partial charge >= 0.3 is 0 Å². The van der Waals surface area contributed by atoms with Crippen molar-refractivity contribution in [2.75, 3.05) is 31.6 Å². The summed E-state index contributed by atoms with van der Waals surface area (Å²) in [7, 11) is -1.06. The van der Waals surface area contributed by atoms with Gasteiger partial charge in [0, 0.05) is 37.5 Å². The van der Waals surface area contributed by atoms with Crippen LogP contribution in [0.3, 0.4) is 0 Å². The lowest BCUT2D eigenvalue weighted by molar-refractivity contribution is -0.132. The zero-order chi connectivity index (χ0) is 18.6. The van der Waals surface area contributed by atoms with Crippen LogP contribution in [0.1, 0.15) is 24.1 Å². The maximum absolute atomic E-state index is 11.7. The van der Waals surface area contributed by atoms with Gasteiger partial charge in [0.05, 0.1) is 18.1 Å². The molecule has 0 aliphatic carbocycles. The Kier molecular flexibility index (Phi) is 6.18. The van der Waals surface area contributed by atoms with Crippen molar-refractivity contribution in [3.05, 3.63) is 22.4 Å². The maximum atomic E-state index is 11.7. The van der Waals surface area contributed by atoms with E-state index in [1.54, 1.807) is 16.2 Å². The van der Waals surface area contributed by atoms with Crippen molar-refractivity contribution in [3.63, 3.8) is 0 Å². The molecule has 2 fully saturated rings. The fourth-order valence-electron chi connectivity index (χ4n) is 3.31. The number of carbonyl (C=O) groups excluding carboxylic acids is 1. The van der Waals surface area contributed by atoms with Gasteiger partial charge in [-0.2, -0.15) is 0 Å². The first-order valence-electron chi connectivity index (χ1n) is 8.93. The van der Waals surface area contributed by atoms with Crippen LogP contribution >= 0.6 is 11.3 Å². The maximum Gasteiger partial charge on any atom is 0.222 e. The Hall–Kier alpha value is -1.61. The molecule has 1 amide bonds. The number of hydrogen-bond acceptors (Lipinski definition) is 5. The predicted molar refractivity (Wildman–Crippen MR) is 104 cm³/mol. The standard InChI is InChI=1S/C17H26N4O3S2/c1-21-11-14(4-5-16(21)22)20-17(19-10-15-3-2-7-25-15)18-9-13-6-8-26(23,24)12-13/h2-3,7,13-14H,4-6,8-12H2,1H3,(H2,18,19,20). The lowest BCUT2D eigenvalue weighted by atomic mass is 10.1. The smallest absolute Gasteiger partial charge is 0.222 e.